The Hall–Kier alpha value is -8.00. The fraction of sp³-hybridized carbons (Fsp3) is 0.0164. The van der Waals surface area contributed by atoms with E-state index in [0.29, 0.717) is 0 Å². The molecule has 0 saturated heterocycles. The number of fused-ring (bicyclic) bond motifs is 1. The first kappa shape index (κ1) is 39.5. The highest BCUT2D eigenvalue weighted by Crippen LogP contribution is 2.42. The van der Waals surface area contributed by atoms with Crippen molar-refractivity contribution in [2.45, 2.75) is 6.92 Å². The van der Waals surface area contributed by atoms with Crippen LogP contribution in [0, 0.1) is 6.92 Å². The molecule has 9 rings (SSSR count). The molecule has 9 aromatic rings. The van der Waals surface area contributed by atoms with E-state index in [4.69, 9.17) is 0 Å². The summed E-state index contributed by atoms with van der Waals surface area (Å²) in [5.74, 6) is 0. The number of hydrogen-bond donors (Lipinski definition) is 0. The van der Waals surface area contributed by atoms with Crippen LogP contribution in [0.4, 0.5) is 17.1 Å². The van der Waals surface area contributed by atoms with Crippen molar-refractivity contribution in [3.05, 3.63) is 294 Å². The van der Waals surface area contributed by atoms with Gasteiger partial charge in [0, 0.05) is 16.8 Å². The number of nitrogens with zero attached hydrogens (tertiary/aromatic N) is 1. The Morgan fingerprint density at radius 2 is 0.839 bits per heavy atom. The lowest BCUT2D eigenvalue weighted by Crippen LogP contribution is -2.11. The summed E-state index contributed by atoms with van der Waals surface area (Å²) >= 11 is 0. The SMILES string of the molecule is Cc1ccc(-c2cc(C=CC=C(c3ccccc3)c3ccccc3)cc(N(c3ccccc3)c3ccc(C=CC=C(c4ccccc4)c4ccccc4)c4ccccc34)c2)cc1. The number of para-hydroxylation sites is 1. The summed E-state index contributed by atoms with van der Waals surface area (Å²) in [6.07, 6.45) is 13.3. The number of benzene rings is 9. The van der Waals surface area contributed by atoms with E-state index in [1.807, 2.05) is 0 Å². The Morgan fingerprint density at radius 3 is 1.37 bits per heavy atom. The third-order valence-electron chi connectivity index (χ3n) is 11.2. The Morgan fingerprint density at radius 1 is 0.371 bits per heavy atom. The minimum Gasteiger partial charge on any atom is -0.310 e. The average molecular weight is 794 g/mol. The molecule has 0 atom stereocenters. The molecule has 9 aromatic carbocycles. The smallest absolute Gasteiger partial charge is 0.0540 e. The standard InChI is InChI=1S/C61H47N/c1-46-37-39-48(40-38-46)54-43-47(21-19-35-57(49-22-7-2-8-23-49)50-24-9-3-10-25-50)44-56(45-54)62(55-31-15-6-16-32-55)61-42-41-53(59-33-17-18-34-60(59)61)30-20-36-58(51-26-11-4-12-27-51)52-28-13-5-14-29-52/h2-45H,1H3. The van der Waals surface area contributed by atoms with Gasteiger partial charge < -0.3 is 4.90 Å². The Bertz CT molecular complexity index is 2930. The van der Waals surface area contributed by atoms with Crippen LogP contribution in [0.25, 0.3) is 45.2 Å². The summed E-state index contributed by atoms with van der Waals surface area (Å²) in [4.78, 5) is 2.41. The number of rotatable bonds is 12. The van der Waals surface area contributed by atoms with Gasteiger partial charge in [0.15, 0.2) is 0 Å². The molecule has 1 nitrogen and oxygen atoms in total. The summed E-state index contributed by atoms with van der Waals surface area (Å²) in [7, 11) is 0. The minimum absolute atomic E-state index is 1.08. The first-order valence-electron chi connectivity index (χ1n) is 21.3. The van der Waals surface area contributed by atoms with Gasteiger partial charge in [-0.2, -0.15) is 0 Å². The number of allylic oxidation sites excluding steroid dienone is 4. The molecule has 0 saturated carbocycles. The summed E-state index contributed by atoms with van der Waals surface area (Å²) < 4.78 is 0. The van der Waals surface area contributed by atoms with Crippen molar-refractivity contribution < 1.29 is 0 Å². The monoisotopic (exact) mass is 793 g/mol. The molecule has 0 aromatic heterocycles. The third kappa shape index (κ3) is 9.09. The molecule has 0 fully saturated rings. The molecule has 1 heteroatoms. The van der Waals surface area contributed by atoms with Gasteiger partial charge in [0.1, 0.15) is 0 Å². The van der Waals surface area contributed by atoms with Gasteiger partial charge in [0.05, 0.1) is 5.69 Å². The Labute approximate surface area is 366 Å². The zero-order valence-electron chi connectivity index (χ0n) is 34.9. The molecule has 0 N–H and O–H groups in total. The first-order chi connectivity index (χ1) is 30.7. The molecule has 62 heavy (non-hydrogen) atoms. The molecule has 0 bridgehead atoms. The molecular formula is C61H47N. The molecule has 0 radical (unpaired) electrons. The van der Waals surface area contributed by atoms with Crippen LogP contribution in [0.1, 0.15) is 38.9 Å². The van der Waals surface area contributed by atoms with Gasteiger partial charge in [0.2, 0.25) is 0 Å². The van der Waals surface area contributed by atoms with Gasteiger partial charge in [0.25, 0.3) is 0 Å². The Balaban J connectivity index is 1.16. The molecule has 0 amide bonds. The van der Waals surface area contributed by atoms with Crippen molar-refractivity contribution in [2.75, 3.05) is 4.90 Å². The maximum absolute atomic E-state index is 2.41. The zero-order chi connectivity index (χ0) is 41.9. The third-order valence-corrected chi connectivity index (χ3v) is 11.2. The number of aryl methyl sites for hydroxylation is 1. The highest BCUT2D eigenvalue weighted by Gasteiger charge is 2.18. The van der Waals surface area contributed by atoms with Crippen molar-refractivity contribution in [3.63, 3.8) is 0 Å². The van der Waals surface area contributed by atoms with Gasteiger partial charge in [-0.3, -0.25) is 0 Å². The number of anilines is 3. The maximum Gasteiger partial charge on any atom is 0.0540 e. The quantitative estimate of drug-likeness (QED) is 0.111. The lowest BCUT2D eigenvalue weighted by atomic mass is 9.96. The largest absolute Gasteiger partial charge is 0.310 e. The second-order valence-electron chi connectivity index (χ2n) is 15.4. The van der Waals surface area contributed by atoms with E-state index in [0.717, 1.165) is 33.8 Å². The van der Waals surface area contributed by atoms with Crippen LogP contribution < -0.4 is 4.90 Å². The average Bonchev–Trinajstić information content (AvgIpc) is 3.34. The molecule has 296 valence electrons. The summed E-state index contributed by atoms with van der Waals surface area (Å²) in [6, 6.07) is 82.2. The zero-order valence-corrected chi connectivity index (χ0v) is 34.9. The number of hydrogen-bond acceptors (Lipinski definition) is 1. The van der Waals surface area contributed by atoms with Crippen LogP contribution in [-0.4, -0.2) is 0 Å². The summed E-state index contributed by atoms with van der Waals surface area (Å²) in [5.41, 5.74) is 16.2. The molecule has 0 aliphatic heterocycles. The van der Waals surface area contributed by atoms with E-state index in [-0.39, 0.29) is 0 Å². The van der Waals surface area contributed by atoms with Gasteiger partial charge in [-0.25, -0.2) is 0 Å². The predicted octanol–water partition coefficient (Wildman–Crippen LogP) is 16.6. The lowest BCUT2D eigenvalue weighted by Gasteiger charge is -2.28. The van der Waals surface area contributed by atoms with Crippen LogP contribution in [0.5, 0.6) is 0 Å². The van der Waals surface area contributed by atoms with Crippen LogP contribution in [0.3, 0.4) is 0 Å². The predicted molar refractivity (Wildman–Crippen MR) is 267 cm³/mol. The highest BCUT2D eigenvalue weighted by atomic mass is 15.1. The minimum atomic E-state index is 1.08. The summed E-state index contributed by atoms with van der Waals surface area (Å²) in [5, 5.41) is 2.36. The molecule has 0 unspecified atom stereocenters. The molecule has 0 aliphatic rings. The van der Waals surface area contributed by atoms with Crippen LogP contribution >= 0.6 is 0 Å². The van der Waals surface area contributed by atoms with E-state index < -0.39 is 0 Å². The molecule has 0 aliphatic carbocycles. The van der Waals surface area contributed by atoms with Crippen LogP contribution in [0.2, 0.25) is 0 Å². The second-order valence-corrected chi connectivity index (χ2v) is 15.4. The second kappa shape index (κ2) is 18.9. The highest BCUT2D eigenvalue weighted by molar-refractivity contribution is 6.03. The topological polar surface area (TPSA) is 3.24 Å². The lowest BCUT2D eigenvalue weighted by molar-refractivity contribution is 1.29. The van der Waals surface area contributed by atoms with Crippen molar-refractivity contribution >= 4 is 51.1 Å². The van der Waals surface area contributed by atoms with Crippen LogP contribution in [-0.2, 0) is 0 Å². The van der Waals surface area contributed by atoms with E-state index in [9.17, 15) is 0 Å². The van der Waals surface area contributed by atoms with Crippen molar-refractivity contribution in [1.29, 1.82) is 0 Å². The molecule has 0 spiro atoms. The summed E-state index contributed by atoms with van der Waals surface area (Å²) in [6.45, 7) is 2.14. The van der Waals surface area contributed by atoms with Crippen molar-refractivity contribution in [3.8, 4) is 11.1 Å². The normalized spacial score (nSPS) is 11.2. The van der Waals surface area contributed by atoms with E-state index in [2.05, 4.69) is 279 Å². The van der Waals surface area contributed by atoms with Crippen LogP contribution in [0.15, 0.2) is 255 Å². The van der Waals surface area contributed by atoms with Gasteiger partial charge in [-0.1, -0.05) is 236 Å². The van der Waals surface area contributed by atoms with Gasteiger partial charge >= 0.3 is 0 Å². The van der Waals surface area contributed by atoms with Crippen molar-refractivity contribution in [1.82, 2.24) is 0 Å². The van der Waals surface area contributed by atoms with E-state index in [1.54, 1.807) is 0 Å². The van der Waals surface area contributed by atoms with E-state index >= 15 is 0 Å². The van der Waals surface area contributed by atoms with Gasteiger partial charge in [-0.15, -0.1) is 0 Å². The Kier molecular flexibility index (Phi) is 12.1. The molecular weight excluding hydrogens is 747 g/mol. The van der Waals surface area contributed by atoms with Crippen molar-refractivity contribution in [2.24, 2.45) is 0 Å². The maximum atomic E-state index is 2.41. The molecule has 0 heterocycles. The fourth-order valence-corrected chi connectivity index (χ4v) is 8.12. The fourth-order valence-electron chi connectivity index (χ4n) is 8.12. The van der Waals surface area contributed by atoms with Gasteiger partial charge in [-0.05, 0) is 104 Å². The van der Waals surface area contributed by atoms with E-state index in [1.165, 1.54) is 55.3 Å². The first-order valence-corrected chi connectivity index (χ1v) is 21.3.